The van der Waals surface area contributed by atoms with Crippen LogP contribution in [0.3, 0.4) is 0 Å². The first-order chi connectivity index (χ1) is 7.63. The zero-order valence-corrected chi connectivity index (χ0v) is 12.3. The molecule has 0 aromatic heterocycles. The van der Waals surface area contributed by atoms with Gasteiger partial charge < -0.3 is 5.32 Å². The number of nitrogens with one attached hydrogen (secondary N) is 1. The number of rotatable bonds is 5. The molecule has 0 radical (unpaired) electrons. The Kier molecular flexibility index (Phi) is 6.83. The molecule has 0 saturated heterocycles. The summed E-state index contributed by atoms with van der Waals surface area (Å²) in [5.74, 6) is 1.86. The van der Waals surface area contributed by atoms with Gasteiger partial charge in [-0.25, -0.2) is 0 Å². The number of hydrogen-bond donors (Lipinski definition) is 1. The van der Waals surface area contributed by atoms with Gasteiger partial charge in [0, 0.05) is 17.8 Å². The fraction of sp³-hybridized carbons (Fsp3) is 1.00. The molecule has 1 saturated carbocycles. The molecule has 96 valence electrons. The Hall–Kier alpha value is 0.310. The lowest BCUT2D eigenvalue weighted by Gasteiger charge is -2.20. The molecule has 1 rings (SSSR count). The van der Waals surface area contributed by atoms with Gasteiger partial charge in [-0.2, -0.15) is 11.8 Å². The topological polar surface area (TPSA) is 12.0 Å². The Labute approximate surface area is 106 Å². The van der Waals surface area contributed by atoms with E-state index >= 15 is 0 Å². The fourth-order valence-corrected chi connectivity index (χ4v) is 2.88. The van der Waals surface area contributed by atoms with Crippen molar-refractivity contribution in [2.75, 3.05) is 12.8 Å². The van der Waals surface area contributed by atoms with Crippen molar-refractivity contribution < 1.29 is 0 Å². The molecule has 1 fully saturated rings. The van der Waals surface area contributed by atoms with Crippen LogP contribution in [-0.2, 0) is 0 Å². The first kappa shape index (κ1) is 14.4. The summed E-state index contributed by atoms with van der Waals surface area (Å²) in [4.78, 5) is 0. The van der Waals surface area contributed by atoms with Gasteiger partial charge in [0.15, 0.2) is 0 Å². The molecule has 1 nitrogen and oxygen atoms in total. The average Bonchev–Trinajstić information content (AvgIpc) is 2.51. The van der Waals surface area contributed by atoms with Crippen molar-refractivity contribution in [2.45, 2.75) is 64.2 Å². The van der Waals surface area contributed by atoms with Crippen LogP contribution >= 0.6 is 11.8 Å². The minimum atomic E-state index is 0.754. The predicted octanol–water partition coefficient (Wildman–Crippen LogP) is 3.93. The first-order valence-corrected chi connectivity index (χ1v) is 8.18. The summed E-state index contributed by atoms with van der Waals surface area (Å²) in [6.45, 7) is 8.26. The van der Waals surface area contributed by atoms with Crippen LogP contribution < -0.4 is 5.32 Å². The average molecular weight is 243 g/mol. The minimum Gasteiger partial charge on any atom is -0.313 e. The molecule has 1 aliphatic carbocycles. The van der Waals surface area contributed by atoms with Gasteiger partial charge in [0.2, 0.25) is 0 Å². The Morgan fingerprint density at radius 1 is 1.12 bits per heavy atom. The van der Waals surface area contributed by atoms with E-state index in [0.717, 1.165) is 23.1 Å². The van der Waals surface area contributed by atoms with E-state index in [1.54, 1.807) is 0 Å². The van der Waals surface area contributed by atoms with Gasteiger partial charge in [-0.3, -0.25) is 0 Å². The van der Waals surface area contributed by atoms with E-state index in [1.165, 1.54) is 38.6 Å². The van der Waals surface area contributed by atoms with Gasteiger partial charge >= 0.3 is 0 Å². The highest BCUT2D eigenvalue weighted by atomic mass is 32.2. The molecule has 1 aliphatic rings. The second kappa shape index (κ2) is 7.60. The maximum atomic E-state index is 3.75. The molecule has 0 aromatic carbocycles. The van der Waals surface area contributed by atoms with Crippen LogP contribution in [-0.4, -0.2) is 24.1 Å². The molecule has 3 atom stereocenters. The zero-order chi connectivity index (χ0) is 12.0. The summed E-state index contributed by atoms with van der Waals surface area (Å²) >= 11 is 1.96. The SMILES string of the molecule is CSC(C)CNC1CCCC(C(C)C)CC1. The molecule has 0 amide bonds. The summed E-state index contributed by atoms with van der Waals surface area (Å²) in [6.07, 6.45) is 9.30. The summed E-state index contributed by atoms with van der Waals surface area (Å²) < 4.78 is 0. The lowest BCUT2D eigenvalue weighted by Crippen LogP contribution is -2.33. The van der Waals surface area contributed by atoms with Gasteiger partial charge in [-0.05, 0) is 37.4 Å². The molecule has 0 aromatic rings. The van der Waals surface area contributed by atoms with Crippen molar-refractivity contribution >= 4 is 11.8 Å². The predicted molar refractivity (Wildman–Crippen MR) is 76.2 cm³/mol. The highest BCUT2D eigenvalue weighted by Gasteiger charge is 2.20. The third-order valence-corrected chi connectivity index (χ3v) is 5.02. The number of thioether (sulfide) groups is 1. The van der Waals surface area contributed by atoms with Crippen LogP contribution in [0.15, 0.2) is 0 Å². The maximum absolute atomic E-state index is 3.75. The molecule has 0 spiro atoms. The summed E-state index contributed by atoms with van der Waals surface area (Å²) in [5.41, 5.74) is 0. The maximum Gasteiger partial charge on any atom is 0.0141 e. The quantitative estimate of drug-likeness (QED) is 0.734. The normalized spacial score (nSPS) is 29.1. The first-order valence-electron chi connectivity index (χ1n) is 6.89. The molecule has 3 unspecified atom stereocenters. The van der Waals surface area contributed by atoms with Crippen molar-refractivity contribution in [3.63, 3.8) is 0 Å². The van der Waals surface area contributed by atoms with Crippen molar-refractivity contribution in [2.24, 2.45) is 11.8 Å². The smallest absolute Gasteiger partial charge is 0.0141 e. The van der Waals surface area contributed by atoms with E-state index in [1.807, 2.05) is 11.8 Å². The third-order valence-electron chi connectivity index (χ3n) is 4.05. The lowest BCUT2D eigenvalue weighted by molar-refractivity contribution is 0.338. The largest absolute Gasteiger partial charge is 0.313 e. The van der Waals surface area contributed by atoms with Gasteiger partial charge in [-0.1, -0.05) is 33.6 Å². The van der Waals surface area contributed by atoms with Crippen LogP contribution in [0, 0.1) is 11.8 Å². The highest BCUT2D eigenvalue weighted by molar-refractivity contribution is 7.99. The van der Waals surface area contributed by atoms with Gasteiger partial charge in [-0.15, -0.1) is 0 Å². The van der Waals surface area contributed by atoms with Crippen molar-refractivity contribution in [3.8, 4) is 0 Å². The van der Waals surface area contributed by atoms with Crippen molar-refractivity contribution in [1.82, 2.24) is 5.32 Å². The van der Waals surface area contributed by atoms with E-state index in [4.69, 9.17) is 0 Å². The van der Waals surface area contributed by atoms with E-state index in [2.05, 4.69) is 32.3 Å². The lowest BCUT2D eigenvalue weighted by atomic mass is 9.89. The fourth-order valence-electron chi connectivity index (χ4n) is 2.62. The van der Waals surface area contributed by atoms with E-state index in [9.17, 15) is 0 Å². The Balaban J connectivity index is 2.25. The Morgan fingerprint density at radius 3 is 2.50 bits per heavy atom. The molecule has 1 N–H and O–H groups in total. The molecular weight excluding hydrogens is 214 g/mol. The molecule has 0 heterocycles. The molecule has 2 heteroatoms. The van der Waals surface area contributed by atoms with Crippen LogP contribution in [0.25, 0.3) is 0 Å². The second-order valence-electron chi connectivity index (χ2n) is 5.66. The number of hydrogen-bond acceptors (Lipinski definition) is 2. The van der Waals surface area contributed by atoms with Crippen LogP contribution in [0.1, 0.15) is 52.9 Å². The van der Waals surface area contributed by atoms with Gasteiger partial charge in [0.05, 0.1) is 0 Å². The highest BCUT2D eigenvalue weighted by Crippen LogP contribution is 2.28. The zero-order valence-electron chi connectivity index (χ0n) is 11.5. The van der Waals surface area contributed by atoms with Gasteiger partial charge in [0.1, 0.15) is 0 Å². The minimum absolute atomic E-state index is 0.754. The second-order valence-corrected chi connectivity index (χ2v) is 6.94. The van der Waals surface area contributed by atoms with Crippen LogP contribution in [0.4, 0.5) is 0 Å². The van der Waals surface area contributed by atoms with Crippen molar-refractivity contribution in [3.05, 3.63) is 0 Å². The van der Waals surface area contributed by atoms with Gasteiger partial charge in [0.25, 0.3) is 0 Å². The standard InChI is InChI=1S/C14H29NS/c1-11(2)13-6-5-7-14(9-8-13)15-10-12(3)16-4/h11-15H,5-10H2,1-4H3. The molecule has 16 heavy (non-hydrogen) atoms. The Bertz CT molecular complexity index is 182. The van der Waals surface area contributed by atoms with E-state index in [-0.39, 0.29) is 0 Å². The molecule has 0 bridgehead atoms. The Morgan fingerprint density at radius 2 is 1.88 bits per heavy atom. The van der Waals surface area contributed by atoms with E-state index < -0.39 is 0 Å². The van der Waals surface area contributed by atoms with Crippen LogP contribution in [0.2, 0.25) is 0 Å². The third kappa shape index (κ3) is 5.09. The molecule has 0 aliphatic heterocycles. The summed E-state index contributed by atoms with van der Waals surface area (Å²) in [7, 11) is 0. The van der Waals surface area contributed by atoms with Crippen molar-refractivity contribution in [1.29, 1.82) is 0 Å². The summed E-state index contributed by atoms with van der Waals surface area (Å²) in [5, 5.41) is 4.50. The monoisotopic (exact) mass is 243 g/mol. The van der Waals surface area contributed by atoms with E-state index in [0.29, 0.717) is 0 Å². The summed E-state index contributed by atoms with van der Waals surface area (Å²) in [6, 6.07) is 0.790. The van der Waals surface area contributed by atoms with Crippen LogP contribution in [0.5, 0.6) is 0 Å². The molecular formula is C14H29NS.